The first-order valence-corrected chi connectivity index (χ1v) is 9.30. The van der Waals surface area contributed by atoms with Crippen molar-refractivity contribution >= 4 is 40.3 Å². The number of fused-ring (bicyclic) bond motifs is 1. The van der Waals surface area contributed by atoms with Gasteiger partial charge >= 0.3 is 17.1 Å². The summed E-state index contributed by atoms with van der Waals surface area (Å²) in [7, 11) is 0. The highest BCUT2D eigenvalue weighted by atomic mass is 32.2. The minimum absolute atomic E-state index is 0.0549. The molecule has 0 aliphatic rings. The molecule has 0 aliphatic heterocycles. The molecule has 156 valence electrons. The number of nitrogens with one attached hydrogen (secondary N) is 1. The second-order valence-corrected chi connectivity index (χ2v) is 7.27. The predicted molar refractivity (Wildman–Crippen MR) is 104 cm³/mol. The van der Waals surface area contributed by atoms with Crippen LogP contribution in [0.15, 0.2) is 62.6 Å². The Labute approximate surface area is 172 Å². The molecule has 6 nitrogen and oxygen atoms in total. The Morgan fingerprint density at radius 2 is 1.80 bits per heavy atom. The van der Waals surface area contributed by atoms with E-state index < -0.39 is 17.1 Å². The zero-order chi connectivity index (χ0) is 21.9. The quantitative estimate of drug-likeness (QED) is 0.353. The third-order valence-corrected chi connectivity index (χ3v) is 4.57. The lowest BCUT2D eigenvalue weighted by Gasteiger charge is -2.09. The highest BCUT2D eigenvalue weighted by Gasteiger charge is 2.29. The van der Waals surface area contributed by atoms with Crippen LogP contribution in [0.4, 0.5) is 18.9 Å². The molecular formula is C20H14F3NO5S. The van der Waals surface area contributed by atoms with E-state index in [0.717, 1.165) is 0 Å². The molecule has 1 N–H and O–H groups in total. The second-order valence-electron chi connectivity index (χ2n) is 6.13. The minimum atomic E-state index is -4.42. The smallest absolute Gasteiger partial charge is 0.446 e. The van der Waals surface area contributed by atoms with Crippen LogP contribution < -0.4 is 10.9 Å². The highest BCUT2D eigenvalue weighted by Crippen LogP contribution is 2.36. The molecule has 3 aromatic rings. The number of anilines is 1. The number of hydrogen-bond donors (Lipinski definition) is 1. The topological polar surface area (TPSA) is 85.6 Å². The van der Waals surface area contributed by atoms with E-state index in [4.69, 9.17) is 9.15 Å². The molecule has 2 aromatic carbocycles. The van der Waals surface area contributed by atoms with Gasteiger partial charge in [0, 0.05) is 40.6 Å². The molecular weight excluding hydrogens is 423 g/mol. The Hall–Kier alpha value is -3.27. The standard InChI is InChI=1S/C20H14F3NO5S/c1-11(25)24-14-4-7-16-13(8-18(26)29-17(16)9-14)10-28-19(27)12-2-5-15(6-3-12)30-20(21,22)23/h2-9H,10H2,1H3,(H,24,25). The van der Waals surface area contributed by atoms with Crippen LogP contribution in [0.2, 0.25) is 0 Å². The van der Waals surface area contributed by atoms with Gasteiger partial charge in [-0.3, -0.25) is 4.79 Å². The maximum atomic E-state index is 12.4. The van der Waals surface area contributed by atoms with E-state index in [1.54, 1.807) is 12.1 Å². The molecule has 1 aromatic heterocycles. The fourth-order valence-corrected chi connectivity index (χ4v) is 3.19. The Morgan fingerprint density at radius 1 is 1.10 bits per heavy atom. The Balaban J connectivity index is 1.75. The third-order valence-electron chi connectivity index (χ3n) is 3.83. The van der Waals surface area contributed by atoms with Crippen LogP contribution >= 0.6 is 11.8 Å². The lowest BCUT2D eigenvalue weighted by Crippen LogP contribution is -2.09. The van der Waals surface area contributed by atoms with E-state index in [2.05, 4.69) is 5.32 Å². The summed E-state index contributed by atoms with van der Waals surface area (Å²) in [5, 5.41) is 3.08. The highest BCUT2D eigenvalue weighted by molar-refractivity contribution is 8.00. The molecule has 1 heterocycles. The molecule has 0 aliphatic carbocycles. The van der Waals surface area contributed by atoms with Crippen LogP contribution in [0.5, 0.6) is 0 Å². The van der Waals surface area contributed by atoms with Gasteiger partial charge in [-0.1, -0.05) is 0 Å². The number of esters is 1. The maximum absolute atomic E-state index is 12.4. The average Bonchev–Trinajstić information content (AvgIpc) is 2.64. The summed E-state index contributed by atoms with van der Waals surface area (Å²) < 4.78 is 47.4. The number of alkyl halides is 3. The van der Waals surface area contributed by atoms with Crippen molar-refractivity contribution in [3.05, 3.63) is 70.1 Å². The van der Waals surface area contributed by atoms with Crippen molar-refractivity contribution in [3.63, 3.8) is 0 Å². The zero-order valence-electron chi connectivity index (χ0n) is 15.4. The zero-order valence-corrected chi connectivity index (χ0v) is 16.2. The van der Waals surface area contributed by atoms with Gasteiger partial charge in [0.2, 0.25) is 5.91 Å². The molecule has 0 saturated heterocycles. The van der Waals surface area contributed by atoms with Gasteiger partial charge in [0.1, 0.15) is 12.2 Å². The van der Waals surface area contributed by atoms with Crippen LogP contribution in [-0.2, 0) is 16.1 Å². The van der Waals surface area contributed by atoms with E-state index in [0.29, 0.717) is 16.6 Å². The SMILES string of the molecule is CC(=O)Nc1ccc2c(COC(=O)c3ccc(SC(F)(F)F)cc3)cc(=O)oc2c1. The van der Waals surface area contributed by atoms with Crippen molar-refractivity contribution in [1.29, 1.82) is 0 Å². The Morgan fingerprint density at radius 3 is 2.43 bits per heavy atom. The normalized spacial score (nSPS) is 11.3. The number of amides is 1. The summed E-state index contributed by atoms with van der Waals surface area (Å²) in [4.78, 5) is 35.1. The molecule has 30 heavy (non-hydrogen) atoms. The summed E-state index contributed by atoms with van der Waals surface area (Å²) in [5.74, 6) is -1.05. The first-order chi connectivity index (χ1) is 14.1. The molecule has 0 bridgehead atoms. The second kappa shape index (κ2) is 8.62. The first kappa shape index (κ1) is 21.4. The average molecular weight is 437 g/mol. The van der Waals surface area contributed by atoms with Gasteiger partial charge in [-0.25, -0.2) is 9.59 Å². The van der Waals surface area contributed by atoms with E-state index in [1.165, 1.54) is 43.3 Å². The number of thioether (sulfide) groups is 1. The van der Waals surface area contributed by atoms with Crippen LogP contribution in [0, 0.1) is 0 Å². The number of carbonyl (C=O) groups excluding carboxylic acids is 2. The van der Waals surface area contributed by atoms with Crippen LogP contribution in [0.25, 0.3) is 11.0 Å². The number of rotatable bonds is 5. The number of ether oxygens (including phenoxy) is 1. The maximum Gasteiger partial charge on any atom is 0.446 e. The van der Waals surface area contributed by atoms with E-state index >= 15 is 0 Å². The Bertz CT molecular complexity index is 1160. The molecule has 10 heteroatoms. The largest absolute Gasteiger partial charge is 0.457 e. The summed E-state index contributed by atoms with van der Waals surface area (Å²) in [6, 6.07) is 10.7. The fourth-order valence-electron chi connectivity index (χ4n) is 2.65. The predicted octanol–water partition coefficient (Wildman–Crippen LogP) is 4.72. The molecule has 0 spiro atoms. The fraction of sp³-hybridized carbons (Fsp3) is 0.150. The van der Waals surface area contributed by atoms with Crippen molar-refractivity contribution in [2.24, 2.45) is 0 Å². The molecule has 0 fully saturated rings. The molecule has 0 radical (unpaired) electrons. The van der Waals surface area contributed by atoms with Gasteiger partial charge in [-0.2, -0.15) is 13.2 Å². The van der Waals surface area contributed by atoms with Gasteiger partial charge < -0.3 is 14.5 Å². The third kappa shape index (κ3) is 5.63. The van der Waals surface area contributed by atoms with Crippen molar-refractivity contribution in [2.75, 3.05) is 5.32 Å². The number of hydrogen-bond acceptors (Lipinski definition) is 6. The van der Waals surface area contributed by atoms with Crippen LogP contribution in [0.1, 0.15) is 22.8 Å². The lowest BCUT2D eigenvalue weighted by molar-refractivity contribution is -0.114. The molecule has 1 amide bonds. The molecule has 0 unspecified atom stereocenters. The summed E-state index contributed by atoms with van der Waals surface area (Å²) >= 11 is -0.284. The van der Waals surface area contributed by atoms with Crippen LogP contribution in [0.3, 0.4) is 0 Å². The summed E-state index contributed by atoms with van der Waals surface area (Å²) in [6.45, 7) is 1.09. The Kier molecular flexibility index (Phi) is 6.16. The van der Waals surface area contributed by atoms with Crippen molar-refractivity contribution in [2.45, 2.75) is 23.9 Å². The number of carbonyl (C=O) groups is 2. The van der Waals surface area contributed by atoms with Crippen molar-refractivity contribution in [1.82, 2.24) is 0 Å². The van der Waals surface area contributed by atoms with E-state index in [-0.39, 0.29) is 40.3 Å². The number of benzene rings is 2. The van der Waals surface area contributed by atoms with E-state index in [9.17, 15) is 27.6 Å². The minimum Gasteiger partial charge on any atom is -0.457 e. The van der Waals surface area contributed by atoms with E-state index in [1.807, 2.05) is 0 Å². The van der Waals surface area contributed by atoms with Crippen molar-refractivity contribution < 1.29 is 31.9 Å². The number of halogens is 3. The molecule has 3 rings (SSSR count). The van der Waals surface area contributed by atoms with Gasteiger partial charge in [0.05, 0.1) is 5.56 Å². The van der Waals surface area contributed by atoms with Gasteiger partial charge in [-0.15, -0.1) is 0 Å². The van der Waals surface area contributed by atoms with Gasteiger partial charge in [0.25, 0.3) is 0 Å². The van der Waals surface area contributed by atoms with Crippen molar-refractivity contribution in [3.8, 4) is 0 Å². The molecule has 0 atom stereocenters. The molecule has 0 saturated carbocycles. The van der Waals surface area contributed by atoms with Gasteiger partial charge in [0.15, 0.2) is 0 Å². The lowest BCUT2D eigenvalue weighted by atomic mass is 10.1. The van der Waals surface area contributed by atoms with Gasteiger partial charge in [-0.05, 0) is 48.2 Å². The van der Waals surface area contributed by atoms with Crippen LogP contribution in [-0.4, -0.2) is 17.4 Å². The summed E-state index contributed by atoms with van der Waals surface area (Å²) in [5.41, 5.74) is -3.99. The first-order valence-electron chi connectivity index (χ1n) is 8.48. The monoisotopic (exact) mass is 437 g/mol. The summed E-state index contributed by atoms with van der Waals surface area (Å²) in [6.07, 6.45) is 0.